The second-order valence-electron chi connectivity index (χ2n) is 5.96. The van der Waals surface area contributed by atoms with E-state index in [0.717, 1.165) is 11.1 Å². The van der Waals surface area contributed by atoms with E-state index >= 15 is 0 Å². The van der Waals surface area contributed by atoms with Crippen LogP contribution < -0.4 is 10.1 Å². The number of halogens is 2. The van der Waals surface area contributed by atoms with E-state index in [1.165, 1.54) is 13.2 Å². The molecule has 2 aromatic carbocycles. The third-order valence-electron chi connectivity index (χ3n) is 4.21. The number of nitrogens with zero attached hydrogens (tertiary/aromatic N) is 1. The van der Waals surface area contributed by atoms with Gasteiger partial charge in [-0.25, -0.2) is 4.39 Å². The van der Waals surface area contributed by atoms with Gasteiger partial charge < -0.3 is 10.1 Å². The maximum Gasteiger partial charge on any atom is 0.241 e. The summed E-state index contributed by atoms with van der Waals surface area (Å²) >= 11 is 6.08. The van der Waals surface area contributed by atoms with E-state index in [1.54, 1.807) is 31.2 Å². The van der Waals surface area contributed by atoms with Gasteiger partial charge in [0.05, 0.1) is 13.2 Å². The molecule has 0 saturated heterocycles. The van der Waals surface area contributed by atoms with Crippen molar-refractivity contribution in [2.24, 2.45) is 0 Å². The zero-order chi connectivity index (χ0) is 18.6. The number of anilines is 1. The van der Waals surface area contributed by atoms with Gasteiger partial charge in [0.1, 0.15) is 0 Å². The Morgan fingerprint density at radius 2 is 2.08 bits per heavy atom. The standard InChI is InChI=1S/C19H22ClFN2O2/c1-12-15(20)6-5-7-17(12)22-19(24)13(2)23(3)11-14-8-9-18(25-4)16(21)10-14/h5-10,13H,11H2,1-4H3,(H,22,24)/t13-/m1/s1. The van der Waals surface area contributed by atoms with Crippen LogP contribution in [0.15, 0.2) is 36.4 Å². The third-order valence-corrected chi connectivity index (χ3v) is 4.62. The van der Waals surface area contributed by atoms with Crippen molar-refractivity contribution >= 4 is 23.2 Å². The van der Waals surface area contributed by atoms with Gasteiger partial charge in [-0.2, -0.15) is 0 Å². The van der Waals surface area contributed by atoms with Crippen LogP contribution in [0.5, 0.6) is 5.75 Å². The van der Waals surface area contributed by atoms with Gasteiger partial charge in [0, 0.05) is 17.3 Å². The molecule has 1 amide bonds. The fraction of sp³-hybridized carbons (Fsp3) is 0.316. The normalized spacial score (nSPS) is 12.1. The smallest absolute Gasteiger partial charge is 0.241 e. The zero-order valence-corrected chi connectivity index (χ0v) is 15.5. The first-order chi connectivity index (χ1) is 11.8. The van der Waals surface area contributed by atoms with Gasteiger partial charge in [0.15, 0.2) is 11.6 Å². The summed E-state index contributed by atoms with van der Waals surface area (Å²) in [6.45, 7) is 4.09. The molecule has 0 aromatic heterocycles. The molecule has 6 heteroatoms. The minimum absolute atomic E-state index is 0.151. The van der Waals surface area contributed by atoms with Gasteiger partial charge in [0.25, 0.3) is 0 Å². The van der Waals surface area contributed by atoms with E-state index in [4.69, 9.17) is 16.3 Å². The molecule has 25 heavy (non-hydrogen) atoms. The van der Waals surface area contributed by atoms with E-state index in [-0.39, 0.29) is 11.7 Å². The molecule has 0 spiro atoms. The van der Waals surface area contributed by atoms with Crippen LogP contribution in [0, 0.1) is 12.7 Å². The van der Waals surface area contributed by atoms with Gasteiger partial charge in [0.2, 0.25) is 5.91 Å². The molecule has 0 radical (unpaired) electrons. The topological polar surface area (TPSA) is 41.6 Å². The molecule has 0 aliphatic rings. The number of rotatable bonds is 6. The monoisotopic (exact) mass is 364 g/mol. The molecule has 134 valence electrons. The first-order valence-corrected chi connectivity index (χ1v) is 8.30. The largest absolute Gasteiger partial charge is 0.494 e. The summed E-state index contributed by atoms with van der Waals surface area (Å²) < 4.78 is 18.7. The fourth-order valence-corrected chi connectivity index (χ4v) is 2.59. The lowest BCUT2D eigenvalue weighted by molar-refractivity contribution is -0.120. The molecule has 0 fully saturated rings. The number of carbonyl (C=O) groups excluding carboxylic acids is 1. The van der Waals surface area contributed by atoms with Crippen LogP contribution in [0.1, 0.15) is 18.1 Å². The highest BCUT2D eigenvalue weighted by atomic mass is 35.5. The molecular formula is C19H22ClFN2O2. The van der Waals surface area contributed by atoms with Crippen molar-refractivity contribution in [1.29, 1.82) is 0 Å². The number of hydrogen-bond donors (Lipinski definition) is 1. The van der Waals surface area contributed by atoms with Crippen molar-refractivity contribution < 1.29 is 13.9 Å². The van der Waals surface area contributed by atoms with Crippen LogP contribution in [0.4, 0.5) is 10.1 Å². The molecule has 2 rings (SSSR count). The molecule has 0 unspecified atom stereocenters. The number of methoxy groups -OCH3 is 1. The molecule has 0 aliphatic heterocycles. The Bertz CT molecular complexity index is 767. The minimum atomic E-state index is -0.417. The SMILES string of the molecule is COc1ccc(CN(C)[C@H](C)C(=O)Nc2cccc(Cl)c2C)cc1F. The predicted octanol–water partition coefficient (Wildman–Crippen LogP) is 4.26. The summed E-state index contributed by atoms with van der Waals surface area (Å²) in [6.07, 6.45) is 0. The van der Waals surface area contributed by atoms with E-state index in [1.807, 2.05) is 24.9 Å². The molecule has 1 N–H and O–H groups in total. The van der Waals surface area contributed by atoms with Gasteiger partial charge in [-0.05, 0) is 56.3 Å². The lowest BCUT2D eigenvalue weighted by Gasteiger charge is -2.24. The molecule has 0 heterocycles. The third kappa shape index (κ3) is 4.71. The van der Waals surface area contributed by atoms with Gasteiger partial charge in [-0.1, -0.05) is 23.7 Å². The van der Waals surface area contributed by atoms with Crippen molar-refractivity contribution in [3.63, 3.8) is 0 Å². The van der Waals surface area contributed by atoms with Crippen LogP contribution in [0.3, 0.4) is 0 Å². The second-order valence-corrected chi connectivity index (χ2v) is 6.37. The molecule has 0 aliphatic carbocycles. The average Bonchev–Trinajstić information content (AvgIpc) is 2.58. The number of ether oxygens (including phenoxy) is 1. The van der Waals surface area contributed by atoms with E-state index in [0.29, 0.717) is 17.3 Å². The molecule has 0 saturated carbocycles. The molecule has 0 bridgehead atoms. The van der Waals surface area contributed by atoms with Gasteiger partial charge in [-0.15, -0.1) is 0 Å². The number of benzene rings is 2. The first-order valence-electron chi connectivity index (χ1n) is 7.92. The highest BCUT2D eigenvalue weighted by Gasteiger charge is 2.19. The van der Waals surface area contributed by atoms with Crippen molar-refractivity contribution in [2.75, 3.05) is 19.5 Å². The average molecular weight is 365 g/mol. The van der Waals surface area contributed by atoms with Crippen molar-refractivity contribution in [1.82, 2.24) is 4.90 Å². The van der Waals surface area contributed by atoms with Crippen molar-refractivity contribution in [2.45, 2.75) is 26.4 Å². The van der Waals surface area contributed by atoms with Crippen LogP contribution in [-0.2, 0) is 11.3 Å². The summed E-state index contributed by atoms with van der Waals surface area (Å²) in [7, 11) is 3.24. The summed E-state index contributed by atoms with van der Waals surface area (Å²) in [6, 6.07) is 9.76. The highest BCUT2D eigenvalue weighted by molar-refractivity contribution is 6.31. The quantitative estimate of drug-likeness (QED) is 0.832. The van der Waals surface area contributed by atoms with E-state index in [9.17, 15) is 9.18 Å². The zero-order valence-electron chi connectivity index (χ0n) is 14.8. The number of hydrogen-bond acceptors (Lipinski definition) is 3. The lowest BCUT2D eigenvalue weighted by Crippen LogP contribution is -2.39. The summed E-state index contributed by atoms with van der Waals surface area (Å²) in [5.41, 5.74) is 2.28. The Balaban J connectivity index is 2.03. The number of likely N-dealkylation sites (N-methyl/N-ethyl adjacent to an activating group) is 1. The predicted molar refractivity (Wildman–Crippen MR) is 98.7 cm³/mol. The van der Waals surface area contributed by atoms with Gasteiger partial charge >= 0.3 is 0 Å². The molecule has 2 aromatic rings. The van der Waals surface area contributed by atoms with Gasteiger partial charge in [-0.3, -0.25) is 9.69 Å². The van der Waals surface area contributed by atoms with Crippen LogP contribution in [0.25, 0.3) is 0 Å². The van der Waals surface area contributed by atoms with Crippen molar-refractivity contribution in [3.8, 4) is 5.75 Å². The molecular weight excluding hydrogens is 343 g/mol. The Labute approximate surface area is 152 Å². The number of nitrogens with one attached hydrogen (secondary N) is 1. The number of amides is 1. The van der Waals surface area contributed by atoms with Crippen LogP contribution in [-0.4, -0.2) is 31.0 Å². The van der Waals surface area contributed by atoms with Crippen LogP contribution >= 0.6 is 11.6 Å². The Morgan fingerprint density at radius 1 is 1.36 bits per heavy atom. The maximum absolute atomic E-state index is 13.8. The van der Waals surface area contributed by atoms with Crippen LogP contribution in [0.2, 0.25) is 5.02 Å². The number of carbonyl (C=O) groups is 1. The fourth-order valence-electron chi connectivity index (χ4n) is 2.41. The second kappa shape index (κ2) is 8.32. The minimum Gasteiger partial charge on any atom is -0.494 e. The Kier molecular flexibility index (Phi) is 6.39. The highest BCUT2D eigenvalue weighted by Crippen LogP contribution is 2.23. The lowest BCUT2D eigenvalue weighted by atomic mass is 10.1. The summed E-state index contributed by atoms with van der Waals surface area (Å²) in [5.74, 6) is -0.365. The first kappa shape index (κ1) is 19.2. The summed E-state index contributed by atoms with van der Waals surface area (Å²) in [5, 5.41) is 3.49. The van der Waals surface area contributed by atoms with E-state index in [2.05, 4.69) is 5.32 Å². The summed E-state index contributed by atoms with van der Waals surface area (Å²) in [4.78, 5) is 14.3. The molecule has 1 atom stereocenters. The Morgan fingerprint density at radius 3 is 2.72 bits per heavy atom. The maximum atomic E-state index is 13.8. The Hall–Kier alpha value is -2.11. The van der Waals surface area contributed by atoms with E-state index < -0.39 is 11.9 Å². The van der Waals surface area contributed by atoms with Crippen molar-refractivity contribution in [3.05, 3.63) is 58.4 Å². The molecule has 4 nitrogen and oxygen atoms in total.